The Balaban J connectivity index is 2.02. The molecule has 0 bridgehead atoms. The van der Waals surface area contributed by atoms with E-state index < -0.39 is 0 Å². The fraction of sp³-hybridized carbons (Fsp3) is 0.143. The van der Waals surface area contributed by atoms with Crippen LogP contribution in [-0.2, 0) is 12.4 Å². The van der Waals surface area contributed by atoms with E-state index in [1.807, 2.05) is 42.5 Å². The first-order valence-electron chi connectivity index (χ1n) is 5.45. The van der Waals surface area contributed by atoms with Crippen molar-refractivity contribution in [3.05, 3.63) is 63.1 Å². The summed E-state index contributed by atoms with van der Waals surface area (Å²) < 4.78 is 0.950. The molecule has 2 rings (SSSR count). The second kappa shape index (κ2) is 6.62. The van der Waals surface area contributed by atoms with Crippen LogP contribution in [-0.4, -0.2) is 5.11 Å². The Kier molecular flexibility index (Phi) is 5.13. The van der Waals surface area contributed by atoms with Crippen LogP contribution >= 0.6 is 39.3 Å². The highest BCUT2D eigenvalue weighted by molar-refractivity contribution is 9.10. The molecule has 0 heterocycles. The fourth-order valence-corrected chi connectivity index (χ4v) is 3.17. The average Bonchev–Trinajstić information content (AvgIpc) is 2.38. The molecule has 0 saturated carbocycles. The van der Waals surface area contributed by atoms with Gasteiger partial charge in [0.15, 0.2) is 0 Å². The minimum absolute atomic E-state index is 0.0582. The summed E-state index contributed by atoms with van der Waals surface area (Å²) in [6.07, 6.45) is 0. The third kappa shape index (κ3) is 3.75. The number of halogens is 2. The number of aliphatic hydroxyl groups excluding tert-OH is 1. The Morgan fingerprint density at radius 3 is 2.44 bits per heavy atom. The summed E-state index contributed by atoms with van der Waals surface area (Å²) in [5, 5.41) is 9.86. The van der Waals surface area contributed by atoms with E-state index in [4.69, 9.17) is 16.7 Å². The first kappa shape index (κ1) is 13.9. The molecule has 0 spiro atoms. The smallest absolute Gasteiger partial charge is 0.0692 e. The molecular formula is C14H12BrClOS. The van der Waals surface area contributed by atoms with Crippen molar-refractivity contribution in [3.8, 4) is 0 Å². The molecule has 1 N–H and O–H groups in total. The molecule has 0 amide bonds. The van der Waals surface area contributed by atoms with Gasteiger partial charge in [0, 0.05) is 20.1 Å². The molecule has 0 aromatic heterocycles. The standard InChI is InChI=1S/C14H12BrClOS/c15-14-7-13(6-3-11(14)8-17)18-9-10-1-4-12(16)5-2-10/h1-7,17H,8-9H2. The maximum absolute atomic E-state index is 9.09. The van der Waals surface area contributed by atoms with Crippen LogP contribution in [0.5, 0.6) is 0 Å². The third-order valence-electron chi connectivity index (χ3n) is 2.51. The molecular weight excluding hydrogens is 332 g/mol. The van der Waals surface area contributed by atoms with Crippen molar-refractivity contribution in [1.82, 2.24) is 0 Å². The predicted octanol–water partition coefficient (Wildman–Crippen LogP) is 4.89. The molecule has 94 valence electrons. The van der Waals surface area contributed by atoms with Crippen LogP contribution in [0.2, 0.25) is 5.02 Å². The summed E-state index contributed by atoms with van der Waals surface area (Å²) in [5.74, 6) is 0.905. The van der Waals surface area contributed by atoms with Crippen molar-refractivity contribution >= 4 is 39.3 Å². The topological polar surface area (TPSA) is 20.2 Å². The Morgan fingerprint density at radius 1 is 1.11 bits per heavy atom. The number of aliphatic hydroxyl groups is 1. The molecule has 0 radical (unpaired) electrons. The highest BCUT2D eigenvalue weighted by Crippen LogP contribution is 2.28. The zero-order valence-corrected chi connectivity index (χ0v) is 12.7. The van der Waals surface area contributed by atoms with Gasteiger partial charge in [0.25, 0.3) is 0 Å². The molecule has 0 saturated heterocycles. The number of hydrogen-bond acceptors (Lipinski definition) is 2. The van der Waals surface area contributed by atoms with Crippen molar-refractivity contribution in [2.75, 3.05) is 0 Å². The first-order valence-corrected chi connectivity index (χ1v) is 7.61. The highest BCUT2D eigenvalue weighted by Gasteiger charge is 2.02. The molecule has 0 aliphatic carbocycles. The molecule has 1 nitrogen and oxygen atoms in total. The summed E-state index contributed by atoms with van der Waals surface area (Å²) in [4.78, 5) is 1.18. The molecule has 0 aliphatic heterocycles. The lowest BCUT2D eigenvalue weighted by molar-refractivity contribution is 0.281. The van der Waals surface area contributed by atoms with Crippen LogP contribution in [0.1, 0.15) is 11.1 Å². The lowest BCUT2D eigenvalue weighted by Crippen LogP contribution is -1.86. The maximum atomic E-state index is 9.09. The highest BCUT2D eigenvalue weighted by atomic mass is 79.9. The third-order valence-corrected chi connectivity index (χ3v) is 4.57. The second-order valence-corrected chi connectivity index (χ2v) is 6.17. The van der Waals surface area contributed by atoms with E-state index in [0.717, 1.165) is 20.8 Å². The quantitative estimate of drug-likeness (QED) is 0.798. The van der Waals surface area contributed by atoms with Gasteiger partial charge in [-0.15, -0.1) is 11.8 Å². The van der Waals surface area contributed by atoms with Crippen molar-refractivity contribution in [1.29, 1.82) is 0 Å². The van der Waals surface area contributed by atoms with Gasteiger partial charge < -0.3 is 5.11 Å². The molecule has 18 heavy (non-hydrogen) atoms. The van der Waals surface area contributed by atoms with Gasteiger partial charge in [-0.05, 0) is 35.4 Å². The molecule has 0 unspecified atom stereocenters. The van der Waals surface area contributed by atoms with Crippen LogP contribution in [0.4, 0.5) is 0 Å². The number of hydrogen-bond donors (Lipinski definition) is 1. The minimum Gasteiger partial charge on any atom is -0.392 e. The molecule has 2 aromatic carbocycles. The van der Waals surface area contributed by atoms with Crippen LogP contribution in [0.25, 0.3) is 0 Å². The van der Waals surface area contributed by atoms with E-state index in [0.29, 0.717) is 0 Å². The van der Waals surface area contributed by atoms with Gasteiger partial charge in [0.2, 0.25) is 0 Å². The Hall–Kier alpha value is -0.480. The summed E-state index contributed by atoms with van der Waals surface area (Å²) in [6.45, 7) is 0.0582. The predicted molar refractivity (Wildman–Crippen MR) is 81.1 cm³/mol. The van der Waals surface area contributed by atoms with Crippen molar-refractivity contribution in [2.24, 2.45) is 0 Å². The van der Waals surface area contributed by atoms with Crippen molar-refractivity contribution in [3.63, 3.8) is 0 Å². The number of rotatable bonds is 4. The van der Waals surface area contributed by atoms with Crippen LogP contribution in [0, 0.1) is 0 Å². The molecule has 4 heteroatoms. The molecule has 2 aromatic rings. The van der Waals surface area contributed by atoms with Crippen LogP contribution < -0.4 is 0 Å². The Bertz CT molecular complexity index is 528. The van der Waals surface area contributed by atoms with E-state index in [1.165, 1.54) is 10.5 Å². The summed E-state index contributed by atoms with van der Waals surface area (Å²) >= 11 is 11.1. The van der Waals surface area contributed by atoms with Crippen LogP contribution in [0.15, 0.2) is 51.8 Å². The van der Waals surface area contributed by atoms with E-state index in [2.05, 4.69) is 15.9 Å². The summed E-state index contributed by atoms with van der Waals surface area (Å²) in [7, 11) is 0. The average molecular weight is 344 g/mol. The number of benzene rings is 2. The van der Waals surface area contributed by atoms with E-state index >= 15 is 0 Å². The maximum Gasteiger partial charge on any atom is 0.0692 e. The van der Waals surface area contributed by atoms with Crippen molar-refractivity contribution < 1.29 is 5.11 Å². The van der Waals surface area contributed by atoms with Gasteiger partial charge in [-0.25, -0.2) is 0 Å². The number of thioether (sulfide) groups is 1. The van der Waals surface area contributed by atoms with Crippen LogP contribution in [0.3, 0.4) is 0 Å². The fourth-order valence-electron chi connectivity index (χ4n) is 1.49. The second-order valence-electron chi connectivity index (χ2n) is 3.83. The van der Waals surface area contributed by atoms with Gasteiger partial charge in [-0.1, -0.05) is 45.7 Å². The van der Waals surface area contributed by atoms with E-state index in [-0.39, 0.29) is 6.61 Å². The lowest BCUT2D eigenvalue weighted by Gasteiger charge is -2.05. The van der Waals surface area contributed by atoms with Gasteiger partial charge in [0.1, 0.15) is 0 Å². The van der Waals surface area contributed by atoms with E-state index in [9.17, 15) is 0 Å². The van der Waals surface area contributed by atoms with Gasteiger partial charge in [0.05, 0.1) is 6.61 Å². The van der Waals surface area contributed by atoms with Gasteiger partial charge in [-0.2, -0.15) is 0 Å². The molecule has 0 atom stereocenters. The zero-order valence-electron chi connectivity index (χ0n) is 9.57. The van der Waals surface area contributed by atoms with Gasteiger partial charge in [-0.3, -0.25) is 0 Å². The van der Waals surface area contributed by atoms with Crippen molar-refractivity contribution in [2.45, 2.75) is 17.3 Å². The normalized spacial score (nSPS) is 10.6. The lowest BCUT2D eigenvalue weighted by atomic mass is 10.2. The van der Waals surface area contributed by atoms with E-state index in [1.54, 1.807) is 11.8 Å². The molecule has 0 aliphatic rings. The summed E-state index contributed by atoms with van der Waals surface area (Å²) in [5.41, 5.74) is 2.15. The Labute approximate surface area is 124 Å². The molecule has 0 fully saturated rings. The monoisotopic (exact) mass is 342 g/mol. The SMILES string of the molecule is OCc1ccc(SCc2ccc(Cl)cc2)cc1Br. The Morgan fingerprint density at radius 2 is 1.83 bits per heavy atom. The zero-order chi connectivity index (χ0) is 13.0. The minimum atomic E-state index is 0.0582. The largest absolute Gasteiger partial charge is 0.392 e. The summed E-state index contributed by atoms with van der Waals surface area (Å²) in [6, 6.07) is 13.9. The van der Waals surface area contributed by atoms with Gasteiger partial charge >= 0.3 is 0 Å². The first-order chi connectivity index (χ1) is 8.69.